The molecule has 0 fully saturated rings. The first-order valence-electron chi connectivity index (χ1n) is 10.5. The number of carbonyl (C=O) groups excluding carboxylic acids is 2. The van der Waals surface area contributed by atoms with Crippen molar-refractivity contribution in [2.24, 2.45) is 7.05 Å². The maximum atomic E-state index is 12.8. The van der Waals surface area contributed by atoms with Crippen LogP contribution in [0.2, 0.25) is 0 Å². The highest BCUT2D eigenvalue weighted by Gasteiger charge is 2.23. The van der Waals surface area contributed by atoms with E-state index in [9.17, 15) is 18.0 Å². The monoisotopic (exact) mass is 457 g/mol. The largest absolute Gasteiger partial charge is 0.457 e. The molecule has 0 aliphatic rings. The van der Waals surface area contributed by atoms with Gasteiger partial charge in [-0.1, -0.05) is 44.2 Å². The van der Waals surface area contributed by atoms with E-state index in [1.807, 2.05) is 17.7 Å². The van der Waals surface area contributed by atoms with Crippen molar-refractivity contribution >= 4 is 32.8 Å². The van der Waals surface area contributed by atoms with Gasteiger partial charge < -0.3 is 9.30 Å². The second-order valence-electron chi connectivity index (χ2n) is 7.28. The summed E-state index contributed by atoms with van der Waals surface area (Å²) in [6.45, 7) is 4.06. The predicted octanol–water partition coefficient (Wildman–Crippen LogP) is 2.96. The van der Waals surface area contributed by atoms with Crippen molar-refractivity contribution in [1.82, 2.24) is 13.9 Å². The van der Waals surface area contributed by atoms with Crippen molar-refractivity contribution in [2.45, 2.75) is 31.6 Å². The zero-order valence-electron chi connectivity index (χ0n) is 18.4. The fourth-order valence-electron chi connectivity index (χ4n) is 3.47. The second-order valence-corrected chi connectivity index (χ2v) is 9.21. The van der Waals surface area contributed by atoms with Gasteiger partial charge in [-0.15, -0.1) is 0 Å². The van der Waals surface area contributed by atoms with Gasteiger partial charge in [0, 0.05) is 32.1 Å². The quantitative estimate of drug-likeness (QED) is 0.343. The minimum atomic E-state index is -3.58. The first-order chi connectivity index (χ1) is 15.3. The van der Waals surface area contributed by atoms with Gasteiger partial charge in [0.25, 0.3) is 0 Å². The number of esters is 1. The van der Waals surface area contributed by atoms with Crippen LogP contribution in [0, 0.1) is 0 Å². The zero-order chi connectivity index (χ0) is 23.3. The molecule has 9 heteroatoms. The van der Waals surface area contributed by atoms with Gasteiger partial charge in [-0.3, -0.25) is 9.59 Å². The van der Waals surface area contributed by atoms with E-state index >= 15 is 0 Å². The Bertz CT molecular complexity index is 1220. The molecular formula is C23H27N3O5S. The van der Waals surface area contributed by atoms with Gasteiger partial charge in [0.2, 0.25) is 10.0 Å². The second kappa shape index (κ2) is 10.1. The number of carbonyl (C=O) groups is 2. The lowest BCUT2D eigenvalue weighted by atomic mass is 10.1. The number of benzene rings is 2. The Labute approximate surface area is 187 Å². The van der Waals surface area contributed by atoms with Crippen LogP contribution >= 0.6 is 0 Å². The van der Waals surface area contributed by atoms with Crippen molar-refractivity contribution in [3.63, 3.8) is 0 Å². The van der Waals surface area contributed by atoms with Crippen molar-refractivity contribution in [3.05, 3.63) is 59.9 Å². The number of rotatable bonds is 10. The topological polar surface area (TPSA) is 98.6 Å². The summed E-state index contributed by atoms with van der Waals surface area (Å²) in [5.41, 5.74) is 1.81. The highest BCUT2D eigenvalue weighted by Crippen LogP contribution is 2.22. The smallest absolute Gasteiger partial charge is 0.306 e. The number of sulfonamides is 1. The molecule has 0 saturated heterocycles. The minimum absolute atomic E-state index is 0.0594. The molecule has 3 aromatic rings. The van der Waals surface area contributed by atoms with E-state index in [1.54, 1.807) is 56.3 Å². The van der Waals surface area contributed by atoms with Crippen LogP contribution in [0.5, 0.6) is 0 Å². The van der Waals surface area contributed by atoms with Gasteiger partial charge in [0.15, 0.2) is 12.4 Å². The summed E-state index contributed by atoms with van der Waals surface area (Å²) in [5.74, 6) is -0.126. The molecule has 0 saturated carbocycles. The Morgan fingerprint density at radius 2 is 1.75 bits per heavy atom. The Hall–Kier alpha value is -3.04. The third kappa shape index (κ3) is 5.05. The highest BCUT2D eigenvalue weighted by molar-refractivity contribution is 7.89. The number of ketones is 1. The van der Waals surface area contributed by atoms with E-state index in [-0.39, 0.29) is 23.7 Å². The van der Waals surface area contributed by atoms with Gasteiger partial charge in [0.05, 0.1) is 22.3 Å². The summed E-state index contributed by atoms with van der Waals surface area (Å²) in [6, 6.07) is 13.5. The first kappa shape index (κ1) is 23.6. The summed E-state index contributed by atoms with van der Waals surface area (Å²) >= 11 is 0. The number of fused-ring (bicyclic) bond motifs is 1. The summed E-state index contributed by atoms with van der Waals surface area (Å²) in [5, 5.41) is 0. The van der Waals surface area contributed by atoms with Gasteiger partial charge in [-0.2, -0.15) is 4.31 Å². The number of aromatic nitrogens is 2. The molecule has 0 unspecified atom stereocenters. The molecule has 0 bridgehead atoms. The fraction of sp³-hybridized carbons (Fsp3) is 0.348. The molecule has 0 spiro atoms. The van der Waals surface area contributed by atoms with Crippen molar-refractivity contribution in [1.29, 1.82) is 0 Å². The molecule has 3 rings (SSSR count). The minimum Gasteiger partial charge on any atom is -0.457 e. The average Bonchev–Trinajstić information content (AvgIpc) is 3.12. The third-order valence-corrected chi connectivity index (χ3v) is 7.35. The number of imidazole rings is 1. The molecule has 0 atom stereocenters. The molecule has 2 aromatic carbocycles. The highest BCUT2D eigenvalue weighted by atomic mass is 32.2. The van der Waals surface area contributed by atoms with E-state index < -0.39 is 16.0 Å². The summed E-state index contributed by atoms with van der Waals surface area (Å²) in [6.07, 6.45) is 0.367. The van der Waals surface area contributed by atoms with Gasteiger partial charge >= 0.3 is 5.97 Å². The lowest BCUT2D eigenvalue weighted by Crippen LogP contribution is -2.30. The van der Waals surface area contributed by atoms with Gasteiger partial charge in [-0.25, -0.2) is 13.4 Å². The normalized spacial score (nSPS) is 11.8. The van der Waals surface area contributed by atoms with Crippen molar-refractivity contribution < 1.29 is 22.7 Å². The van der Waals surface area contributed by atoms with E-state index in [0.29, 0.717) is 36.4 Å². The molecule has 8 nitrogen and oxygen atoms in total. The van der Waals surface area contributed by atoms with Crippen LogP contribution in [0.25, 0.3) is 11.0 Å². The SMILES string of the molecule is CCN(CC)S(=O)(=O)c1ccc2c(c1)nc(CCC(=O)OCC(=O)c1ccccc1)n2C. The Morgan fingerprint density at radius 1 is 1.06 bits per heavy atom. The summed E-state index contributed by atoms with van der Waals surface area (Å²) in [4.78, 5) is 28.9. The Morgan fingerprint density at radius 3 is 2.41 bits per heavy atom. The molecule has 0 radical (unpaired) electrons. The van der Waals surface area contributed by atoms with E-state index in [4.69, 9.17) is 4.74 Å². The Balaban J connectivity index is 1.67. The lowest BCUT2D eigenvalue weighted by Gasteiger charge is -2.18. The van der Waals surface area contributed by atoms with Crippen LogP contribution < -0.4 is 0 Å². The zero-order valence-corrected chi connectivity index (χ0v) is 19.3. The number of hydrogen-bond acceptors (Lipinski definition) is 6. The standard InChI is InChI=1S/C23H27N3O5S/c1-4-26(5-2)32(29,30)18-11-12-20-19(15-18)24-22(25(20)3)13-14-23(28)31-16-21(27)17-9-7-6-8-10-17/h6-12,15H,4-5,13-14,16H2,1-3H3. The number of hydrogen-bond donors (Lipinski definition) is 0. The molecule has 32 heavy (non-hydrogen) atoms. The van der Waals surface area contributed by atoms with E-state index in [0.717, 1.165) is 5.52 Å². The molecule has 0 aliphatic carbocycles. The maximum absolute atomic E-state index is 12.8. The number of nitrogens with zero attached hydrogens (tertiary/aromatic N) is 3. The van der Waals surface area contributed by atoms with Crippen LogP contribution in [-0.4, -0.2) is 53.7 Å². The van der Waals surface area contributed by atoms with Crippen LogP contribution in [0.3, 0.4) is 0 Å². The molecule has 1 heterocycles. The van der Waals surface area contributed by atoms with Gasteiger partial charge in [-0.05, 0) is 18.2 Å². The molecule has 0 N–H and O–H groups in total. The van der Waals surface area contributed by atoms with Crippen LogP contribution in [-0.2, 0) is 33.0 Å². The number of aryl methyl sites for hydroxylation is 2. The lowest BCUT2D eigenvalue weighted by molar-refractivity contribution is -0.142. The van der Waals surface area contributed by atoms with Crippen LogP contribution in [0.4, 0.5) is 0 Å². The van der Waals surface area contributed by atoms with Crippen molar-refractivity contribution in [2.75, 3.05) is 19.7 Å². The molecular weight excluding hydrogens is 430 g/mol. The number of Topliss-reactive ketones (excluding diaryl/α,β-unsaturated/α-hetero) is 1. The van der Waals surface area contributed by atoms with Crippen LogP contribution in [0.15, 0.2) is 53.4 Å². The molecule has 0 aliphatic heterocycles. The van der Waals surface area contributed by atoms with Crippen molar-refractivity contribution in [3.8, 4) is 0 Å². The van der Waals surface area contributed by atoms with Crippen LogP contribution in [0.1, 0.15) is 36.5 Å². The van der Waals surface area contributed by atoms with E-state index in [1.165, 1.54) is 4.31 Å². The Kier molecular flexibility index (Phi) is 7.42. The summed E-state index contributed by atoms with van der Waals surface area (Å²) < 4.78 is 33.9. The van der Waals surface area contributed by atoms with Gasteiger partial charge in [0.1, 0.15) is 5.82 Å². The first-order valence-corrected chi connectivity index (χ1v) is 11.9. The maximum Gasteiger partial charge on any atom is 0.306 e. The molecule has 170 valence electrons. The fourth-order valence-corrected chi connectivity index (χ4v) is 4.94. The molecule has 0 amide bonds. The third-order valence-electron chi connectivity index (χ3n) is 5.30. The predicted molar refractivity (Wildman–Crippen MR) is 121 cm³/mol. The summed E-state index contributed by atoms with van der Waals surface area (Å²) in [7, 11) is -1.77. The molecule has 1 aromatic heterocycles. The number of ether oxygens (including phenoxy) is 1. The van der Waals surface area contributed by atoms with E-state index in [2.05, 4.69) is 4.98 Å². The average molecular weight is 458 g/mol.